The minimum Gasteiger partial charge on any atom is -0.385 e. The third kappa shape index (κ3) is 1.74. The maximum atomic E-state index is 3.49. The Hall–Kier alpha value is -1.70. The predicted molar refractivity (Wildman–Crippen MR) is 72.1 cm³/mol. The summed E-state index contributed by atoms with van der Waals surface area (Å²) >= 11 is 0. The Morgan fingerprint density at radius 2 is 1.82 bits per heavy atom. The molecule has 0 bridgehead atoms. The highest BCUT2D eigenvalue weighted by Gasteiger charge is 2.10. The normalized spacial score (nSPS) is 14.2. The summed E-state index contributed by atoms with van der Waals surface area (Å²) in [6.45, 7) is 5.40. The van der Waals surface area contributed by atoms with Gasteiger partial charge in [0.1, 0.15) is 0 Å². The van der Waals surface area contributed by atoms with Gasteiger partial charge in [0.25, 0.3) is 0 Å². The van der Waals surface area contributed by atoms with Crippen LogP contribution in [0.1, 0.15) is 23.4 Å². The van der Waals surface area contributed by atoms with Crippen LogP contribution in [0, 0.1) is 13.8 Å². The van der Waals surface area contributed by atoms with Crippen molar-refractivity contribution in [2.75, 3.05) is 11.9 Å². The number of fused-ring (bicyclic) bond motifs is 1. The molecular weight excluding hydrogens is 208 g/mol. The second-order valence-electron chi connectivity index (χ2n) is 4.82. The van der Waals surface area contributed by atoms with Gasteiger partial charge < -0.3 is 9.88 Å². The van der Waals surface area contributed by atoms with E-state index in [2.05, 4.69) is 54.1 Å². The lowest BCUT2D eigenvalue weighted by molar-refractivity contribution is 0.828. The van der Waals surface area contributed by atoms with E-state index >= 15 is 0 Å². The molecule has 1 aliphatic rings. The average Bonchev–Trinajstić information content (AvgIpc) is 2.68. The number of nitrogens with zero attached hydrogens (tertiary/aromatic N) is 1. The highest BCUT2D eigenvalue weighted by Crippen LogP contribution is 2.26. The van der Waals surface area contributed by atoms with Gasteiger partial charge in [-0.1, -0.05) is 6.07 Å². The number of benzene rings is 1. The van der Waals surface area contributed by atoms with Gasteiger partial charge in [0.15, 0.2) is 0 Å². The van der Waals surface area contributed by atoms with Crippen LogP contribution in [-0.2, 0) is 6.42 Å². The van der Waals surface area contributed by atoms with Gasteiger partial charge in [0, 0.05) is 29.3 Å². The molecule has 1 aromatic heterocycles. The molecule has 2 nitrogen and oxygen atoms in total. The van der Waals surface area contributed by atoms with Gasteiger partial charge in [-0.2, -0.15) is 0 Å². The first-order chi connectivity index (χ1) is 8.25. The molecule has 17 heavy (non-hydrogen) atoms. The molecule has 0 radical (unpaired) electrons. The number of rotatable bonds is 1. The fourth-order valence-electron chi connectivity index (χ4n) is 2.66. The van der Waals surface area contributed by atoms with E-state index in [1.54, 1.807) is 0 Å². The molecule has 2 heteroatoms. The van der Waals surface area contributed by atoms with Gasteiger partial charge in [-0.05, 0) is 56.5 Å². The maximum Gasteiger partial charge on any atom is 0.0475 e. The van der Waals surface area contributed by atoms with Gasteiger partial charge in [0.2, 0.25) is 0 Å². The first-order valence-electron chi connectivity index (χ1n) is 6.28. The van der Waals surface area contributed by atoms with E-state index in [9.17, 15) is 0 Å². The molecule has 0 amide bonds. The van der Waals surface area contributed by atoms with E-state index in [-0.39, 0.29) is 0 Å². The number of aryl methyl sites for hydroxylation is 3. The molecular formula is C15H18N2. The number of hydrogen-bond acceptors (Lipinski definition) is 1. The average molecular weight is 226 g/mol. The van der Waals surface area contributed by atoms with E-state index in [1.165, 1.54) is 41.2 Å². The van der Waals surface area contributed by atoms with Crippen LogP contribution in [0.15, 0.2) is 30.3 Å². The highest BCUT2D eigenvalue weighted by atomic mass is 15.0. The standard InChI is InChI=1S/C15H18N2/c1-11-5-6-12(2)17(11)14-8-7-13-4-3-9-16-15(13)10-14/h5-8,10,16H,3-4,9H2,1-2H3. The lowest BCUT2D eigenvalue weighted by atomic mass is 10.0. The number of aromatic nitrogens is 1. The highest BCUT2D eigenvalue weighted by molar-refractivity contribution is 5.59. The van der Waals surface area contributed by atoms with Crippen molar-refractivity contribution in [1.29, 1.82) is 0 Å². The van der Waals surface area contributed by atoms with Crippen molar-refractivity contribution in [3.8, 4) is 5.69 Å². The Morgan fingerprint density at radius 3 is 2.59 bits per heavy atom. The summed E-state index contributed by atoms with van der Waals surface area (Å²) in [6.07, 6.45) is 2.44. The minimum atomic E-state index is 1.10. The van der Waals surface area contributed by atoms with Crippen LogP contribution in [0.4, 0.5) is 5.69 Å². The third-order valence-electron chi connectivity index (χ3n) is 3.56. The van der Waals surface area contributed by atoms with Crippen molar-refractivity contribution in [2.45, 2.75) is 26.7 Å². The van der Waals surface area contributed by atoms with Crippen molar-refractivity contribution >= 4 is 5.69 Å². The van der Waals surface area contributed by atoms with Crippen molar-refractivity contribution in [3.63, 3.8) is 0 Å². The van der Waals surface area contributed by atoms with Crippen LogP contribution in [-0.4, -0.2) is 11.1 Å². The zero-order valence-electron chi connectivity index (χ0n) is 10.5. The molecule has 0 aliphatic carbocycles. The SMILES string of the molecule is Cc1ccc(C)n1-c1ccc2c(c1)NCCC2. The van der Waals surface area contributed by atoms with Crippen molar-refractivity contribution in [1.82, 2.24) is 4.57 Å². The Bertz CT molecular complexity index is 533. The lowest BCUT2D eigenvalue weighted by Crippen LogP contribution is -2.12. The molecule has 1 aromatic carbocycles. The molecule has 0 saturated carbocycles. The van der Waals surface area contributed by atoms with Crippen molar-refractivity contribution in [3.05, 3.63) is 47.3 Å². The van der Waals surface area contributed by atoms with E-state index in [0.717, 1.165) is 6.54 Å². The van der Waals surface area contributed by atoms with E-state index in [0.29, 0.717) is 0 Å². The van der Waals surface area contributed by atoms with Gasteiger partial charge in [-0.25, -0.2) is 0 Å². The van der Waals surface area contributed by atoms with Gasteiger partial charge in [-0.15, -0.1) is 0 Å². The first-order valence-corrected chi connectivity index (χ1v) is 6.28. The Morgan fingerprint density at radius 1 is 1.06 bits per heavy atom. The van der Waals surface area contributed by atoms with E-state index in [4.69, 9.17) is 0 Å². The number of nitrogens with one attached hydrogen (secondary N) is 1. The zero-order valence-corrected chi connectivity index (χ0v) is 10.5. The molecule has 1 N–H and O–H groups in total. The second-order valence-corrected chi connectivity index (χ2v) is 4.82. The fourth-order valence-corrected chi connectivity index (χ4v) is 2.66. The van der Waals surface area contributed by atoms with E-state index in [1.807, 2.05) is 0 Å². The summed E-state index contributed by atoms with van der Waals surface area (Å²) in [5.41, 5.74) is 6.60. The predicted octanol–water partition coefficient (Wildman–Crippen LogP) is 3.45. The van der Waals surface area contributed by atoms with Crippen molar-refractivity contribution < 1.29 is 0 Å². The Balaban J connectivity index is 2.10. The molecule has 88 valence electrons. The maximum absolute atomic E-state index is 3.49. The van der Waals surface area contributed by atoms with Crippen LogP contribution >= 0.6 is 0 Å². The summed E-state index contributed by atoms with van der Waals surface area (Å²) < 4.78 is 2.30. The molecule has 3 rings (SSSR count). The van der Waals surface area contributed by atoms with Crippen LogP contribution < -0.4 is 5.32 Å². The summed E-state index contributed by atoms with van der Waals surface area (Å²) in [5.74, 6) is 0. The third-order valence-corrected chi connectivity index (χ3v) is 3.56. The summed E-state index contributed by atoms with van der Waals surface area (Å²) in [5, 5.41) is 3.49. The minimum absolute atomic E-state index is 1.10. The van der Waals surface area contributed by atoms with Crippen LogP contribution in [0.3, 0.4) is 0 Å². The largest absolute Gasteiger partial charge is 0.385 e. The van der Waals surface area contributed by atoms with Crippen LogP contribution in [0.2, 0.25) is 0 Å². The monoisotopic (exact) mass is 226 g/mol. The van der Waals surface area contributed by atoms with Crippen molar-refractivity contribution in [2.24, 2.45) is 0 Å². The number of anilines is 1. The quantitative estimate of drug-likeness (QED) is 0.788. The second kappa shape index (κ2) is 3.95. The molecule has 0 unspecified atom stereocenters. The van der Waals surface area contributed by atoms with Crippen LogP contribution in [0.5, 0.6) is 0 Å². The lowest BCUT2D eigenvalue weighted by Gasteiger charge is -2.20. The van der Waals surface area contributed by atoms with E-state index < -0.39 is 0 Å². The van der Waals surface area contributed by atoms with Gasteiger partial charge in [0.05, 0.1) is 0 Å². The molecule has 1 aliphatic heterocycles. The topological polar surface area (TPSA) is 17.0 Å². The molecule has 0 atom stereocenters. The summed E-state index contributed by atoms with van der Waals surface area (Å²) in [7, 11) is 0. The zero-order chi connectivity index (χ0) is 11.8. The molecule has 0 spiro atoms. The molecule has 0 fully saturated rings. The smallest absolute Gasteiger partial charge is 0.0475 e. The molecule has 2 aromatic rings. The van der Waals surface area contributed by atoms with Gasteiger partial charge in [-0.3, -0.25) is 0 Å². The molecule has 2 heterocycles. The Labute approximate surface area is 102 Å². The Kier molecular flexibility index (Phi) is 2.43. The molecule has 0 saturated heterocycles. The first kappa shape index (κ1) is 10.5. The summed E-state index contributed by atoms with van der Waals surface area (Å²) in [4.78, 5) is 0. The summed E-state index contributed by atoms with van der Waals surface area (Å²) in [6, 6.07) is 11.1. The number of hydrogen-bond donors (Lipinski definition) is 1. The van der Waals surface area contributed by atoms with Crippen LogP contribution in [0.25, 0.3) is 5.69 Å². The van der Waals surface area contributed by atoms with Gasteiger partial charge >= 0.3 is 0 Å². The fraction of sp³-hybridized carbons (Fsp3) is 0.333.